The predicted molar refractivity (Wildman–Crippen MR) is 75.6 cm³/mol. The van der Waals surface area contributed by atoms with Crippen LogP contribution in [0.15, 0.2) is 36.9 Å². The number of aliphatic hydroxyl groups is 1. The molecule has 4 nitrogen and oxygen atoms in total. The lowest BCUT2D eigenvalue weighted by Gasteiger charge is -2.13. The molecule has 0 saturated carbocycles. The van der Waals surface area contributed by atoms with Crippen LogP contribution in [0, 0.1) is 11.6 Å². The minimum atomic E-state index is -1.05. The highest BCUT2D eigenvalue weighted by Crippen LogP contribution is 2.17. The molecule has 0 saturated heterocycles. The molecule has 0 amide bonds. The van der Waals surface area contributed by atoms with Gasteiger partial charge in [0.2, 0.25) is 0 Å². The second-order valence-electron chi connectivity index (χ2n) is 4.89. The number of aryl methyl sites for hydroxylation is 1. The van der Waals surface area contributed by atoms with Crippen LogP contribution >= 0.6 is 0 Å². The van der Waals surface area contributed by atoms with Crippen molar-refractivity contribution in [1.82, 2.24) is 14.9 Å². The summed E-state index contributed by atoms with van der Waals surface area (Å²) in [5.74, 6) is -1.14. The average Bonchev–Trinajstić information content (AvgIpc) is 2.98. The van der Waals surface area contributed by atoms with Gasteiger partial charge in [-0.05, 0) is 37.6 Å². The molecule has 1 atom stereocenters. The maximum atomic E-state index is 13.4. The van der Waals surface area contributed by atoms with Gasteiger partial charge in [-0.2, -0.15) is 0 Å². The molecule has 2 rings (SSSR count). The van der Waals surface area contributed by atoms with Crippen molar-refractivity contribution in [3.05, 3.63) is 54.1 Å². The number of imidazole rings is 1. The van der Waals surface area contributed by atoms with Gasteiger partial charge < -0.3 is 15.0 Å². The van der Waals surface area contributed by atoms with Crippen LogP contribution in [0.25, 0.3) is 0 Å². The molecule has 21 heavy (non-hydrogen) atoms. The summed E-state index contributed by atoms with van der Waals surface area (Å²) in [6.07, 6.45) is 6.27. The Labute approximate surface area is 122 Å². The van der Waals surface area contributed by atoms with E-state index in [0.29, 0.717) is 6.54 Å². The van der Waals surface area contributed by atoms with Crippen LogP contribution in [0.4, 0.5) is 8.78 Å². The van der Waals surface area contributed by atoms with Gasteiger partial charge in [-0.25, -0.2) is 13.8 Å². The van der Waals surface area contributed by atoms with Crippen molar-refractivity contribution in [2.45, 2.75) is 25.5 Å². The number of halogens is 2. The highest BCUT2D eigenvalue weighted by Gasteiger charge is 2.13. The lowest BCUT2D eigenvalue weighted by Crippen LogP contribution is -2.23. The number of aromatic nitrogens is 2. The van der Waals surface area contributed by atoms with E-state index < -0.39 is 17.7 Å². The standard InChI is InChI=1S/C15H19F2N3O/c16-12-3-4-14(17)13(9-12)15(21)10-18-5-1-2-7-20-8-6-19-11-20/h3-4,6,8-9,11,15,18,21H,1-2,5,7,10H2. The number of unbranched alkanes of at least 4 members (excludes halogenated alkanes) is 1. The lowest BCUT2D eigenvalue weighted by molar-refractivity contribution is 0.169. The number of hydrogen-bond acceptors (Lipinski definition) is 3. The van der Waals surface area contributed by atoms with Crippen LogP contribution < -0.4 is 5.32 Å². The zero-order valence-corrected chi connectivity index (χ0v) is 11.7. The Morgan fingerprint density at radius 3 is 2.90 bits per heavy atom. The molecular weight excluding hydrogens is 276 g/mol. The van der Waals surface area contributed by atoms with Gasteiger partial charge in [0.05, 0.1) is 12.4 Å². The van der Waals surface area contributed by atoms with Crippen molar-refractivity contribution < 1.29 is 13.9 Å². The zero-order valence-electron chi connectivity index (χ0n) is 11.7. The first-order valence-electron chi connectivity index (χ1n) is 6.96. The number of benzene rings is 1. The first-order valence-corrected chi connectivity index (χ1v) is 6.96. The monoisotopic (exact) mass is 295 g/mol. The highest BCUT2D eigenvalue weighted by atomic mass is 19.1. The Balaban J connectivity index is 1.65. The second kappa shape index (κ2) is 7.85. The van der Waals surface area contributed by atoms with E-state index in [4.69, 9.17) is 0 Å². The van der Waals surface area contributed by atoms with E-state index in [2.05, 4.69) is 10.3 Å². The van der Waals surface area contributed by atoms with Gasteiger partial charge in [-0.1, -0.05) is 0 Å². The van der Waals surface area contributed by atoms with Gasteiger partial charge in [0.25, 0.3) is 0 Å². The minimum Gasteiger partial charge on any atom is -0.387 e. The molecule has 0 fully saturated rings. The molecule has 0 aliphatic heterocycles. The molecule has 114 valence electrons. The molecule has 1 unspecified atom stereocenters. The summed E-state index contributed by atoms with van der Waals surface area (Å²) in [4.78, 5) is 3.96. The summed E-state index contributed by atoms with van der Waals surface area (Å²) in [5.41, 5.74) is -0.0130. The normalized spacial score (nSPS) is 12.5. The molecule has 2 aromatic rings. The smallest absolute Gasteiger partial charge is 0.129 e. The van der Waals surface area contributed by atoms with Crippen LogP contribution in [0.2, 0.25) is 0 Å². The number of nitrogens with zero attached hydrogens (tertiary/aromatic N) is 2. The fraction of sp³-hybridized carbons (Fsp3) is 0.400. The van der Waals surface area contributed by atoms with Crippen molar-refractivity contribution in [3.8, 4) is 0 Å². The molecule has 2 N–H and O–H groups in total. The van der Waals surface area contributed by atoms with Crippen molar-refractivity contribution in [3.63, 3.8) is 0 Å². The predicted octanol–water partition coefficient (Wildman–Crippen LogP) is 2.26. The topological polar surface area (TPSA) is 50.1 Å². The van der Waals surface area contributed by atoms with Crippen LogP contribution in [0.5, 0.6) is 0 Å². The molecule has 6 heteroatoms. The summed E-state index contributed by atoms with van der Waals surface area (Å²) in [5, 5.41) is 12.9. The molecule has 0 radical (unpaired) electrons. The van der Waals surface area contributed by atoms with Crippen LogP contribution in [0.1, 0.15) is 24.5 Å². The Morgan fingerprint density at radius 1 is 1.29 bits per heavy atom. The van der Waals surface area contributed by atoms with E-state index in [0.717, 1.165) is 37.6 Å². The third-order valence-electron chi connectivity index (χ3n) is 3.23. The average molecular weight is 295 g/mol. The van der Waals surface area contributed by atoms with Gasteiger partial charge in [0, 0.05) is 31.0 Å². The molecule has 0 spiro atoms. The first kappa shape index (κ1) is 15.6. The van der Waals surface area contributed by atoms with E-state index in [9.17, 15) is 13.9 Å². The number of aliphatic hydroxyl groups excluding tert-OH is 1. The fourth-order valence-electron chi connectivity index (χ4n) is 2.08. The second-order valence-corrected chi connectivity index (χ2v) is 4.89. The lowest BCUT2D eigenvalue weighted by atomic mass is 10.1. The Hall–Kier alpha value is -1.79. The molecule has 1 heterocycles. The van der Waals surface area contributed by atoms with E-state index in [1.165, 1.54) is 0 Å². The van der Waals surface area contributed by atoms with Crippen molar-refractivity contribution in [2.24, 2.45) is 0 Å². The Morgan fingerprint density at radius 2 is 2.14 bits per heavy atom. The highest BCUT2D eigenvalue weighted by molar-refractivity contribution is 5.21. The summed E-state index contributed by atoms with van der Waals surface area (Å²) < 4.78 is 28.5. The van der Waals surface area contributed by atoms with Crippen molar-refractivity contribution in [1.29, 1.82) is 0 Å². The minimum absolute atomic E-state index is 0.0130. The van der Waals surface area contributed by atoms with Gasteiger partial charge in [-0.15, -0.1) is 0 Å². The third kappa shape index (κ3) is 4.91. The first-order chi connectivity index (χ1) is 10.2. The molecule has 0 bridgehead atoms. The molecule has 0 aliphatic carbocycles. The van der Waals surface area contributed by atoms with Crippen molar-refractivity contribution >= 4 is 0 Å². The van der Waals surface area contributed by atoms with Gasteiger partial charge in [0.1, 0.15) is 11.6 Å². The Kier molecular flexibility index (Phi) is 5.83. The van der Waals surface area contributed by atoms with Gasteiger partial charge in [-0.3, -0.25) is 0 Å². The SMILES string of the molecule is OC(CNCCCCn1ccnc1)c1cc(F)ccc1F. The fourth-order valence-corrected chi connectivity index (χ4v) is 2.08. The molecule has 0 aliphatic rings. The zero-order chi connectivity index (χ0) is 15.1. The number of hydrogen-bond donors (Lipinski definition) is 2. The van der Waals surface area contributed by atoms with Gasteiger partial charge in [0.15, 0.2) is 0 Å². The van der Waals surface area contributed by atoms with E-state index in [1.807, 2.05) is 10.8 Å². The number of nitrogens with one attached hydrogen (secondary N) is 1. The molecule has 1 aromatic carbocycles. The largest absolute Gasteiger partial charge is 0.387 e. The summed E-state index contributed by atoms with van der Waals surface area (Å²) >= 11 is 0. The summed E-state index contributed by atoms with van der Waals surface area (Å²) in [6.45, 7) is 1.80. The van der Waals surface area contributed by atoms with E-state index in [-0.39, 0.29) is 12.1 Å². The molecular formula is C15H19F2N3O. The van der Waals surface area contributed by atoms with E-state index >= 15 is 0 Å². The number of rotatable bonds is 8. The Bertz CT molecular complexity index is 546. The van der Waals surface area contributed by atoms with Gasteiger partial charge >= 0.3 is 0 Å². The van der Waals surface area contributed by atoms with Crippen LogP contribution in [-0.4, -0.2) is 27.7 Å². The quantitative estimate of drug-likeness (QED) is 0.735. The van der Waals surface area contributed by atoms with Crippen LogP contribution in [0.3, 0.4) is 0 Å². The molecule has 1 aromatic heterocycles. The maximum Gasteiger partial charge on any atom is 0.129 e. The van der Waals surface area contributed by atoms with Crippen LogP contribution in [-0.2, 0) is 6.54 Å². The third-order valence-corrected chi connectivity index (χ3v) is 3.23. The summed E-state index contributed by atoms with van der Waals surface area (Å²) in [6, 6.07) is 3.09. The maximum absolute atomic E-state index is 13.4. The van der Waals surface area contributed by atoms with Crippen molar-refractivity contribution in [2.75, 3.05) is 13.1 Å². The summed E-state index contributed by atoms with van der Waals surface area (Å²) in [7, 11) is 0. The van der Waals surface area contributed by atoms with E-state index in [1.54, 1.807) is 12.5 Å².